The molecule has 0 atom stereocenters. The lowest BCUT2D eigenvalue weighted by atomic mass is 9.83. The van der Waals surface area contributed by atoms with E-state index in [1.54, 1.807) is 6.92 Å². The molecule has 0 aromatic heterocycles. The molecule has 0 unspecified atom stereocenters. The summed E-state index contributed by atoms with van der Waals surface area (Å²) in [6.45, 7) is 5.30. The molecule has 0 aliphatic heterocycles. The van der Waals surface area contributed by atoms with Crippen molar-refractivity contribution in [3.8, 4) is 0 Å². The Bertz CT molecular complexity index is 414. The Labute approximate surface area is 109 Å². The number of esters is 1. The monoisotopic (exact) mass is 244 g/mol. The summed E-state index contributed by atoms with van der Waals surface area (Å²) in [5, 5.41) is 0. The molecule has 1 aromatic carbocycles. The molecule has 1 aliphatic carbocycles. The fourth-order valence-corrected chi connectivity index (χ4v) is 2.49. The van der Waals surface area contributed by atoms with Crippen molar-refractivity contribution in [2.45, 2.75) is 44.6 Å². The average molecular weight is 244 g/mol. The van der Waals surface area contributed by atoms with Gasteiger partial charge in [-0.1, -0.05) is 36.9 Å². The van der Waals surface area contributed by atoms with Crippen LogP contribution >= 0.6 is 0 Å². The van der Waals surface area contributed by atoms with E-state index in [4.69, 9.17) is 4.74 Å². The van der Waals surface area contributed by atoms with Crippen molar-refractivity contribution in [3.63, 3.8) is 0 Å². The lowest BCUT2D eigenvalue weighted by Crippen LogP contribution is -2.24. The first-order valence-corrected chi connectivity index (χ1v) is 6.58. The highest BCUT2D eigenvalue weighted by atomic mass is 16.5. The normalized spacial score (nSPS) is 23.4. The van der Waals surface area contributed by atoms with Gasteiger partial charge in [-0.2, -0.15) is 0 Å². The van der Waals surface area contributed by atoms with E-state index in [0.717, 1.165) is 25.7 Å². The van der Waals surface area contributed by atoms with E-state index in [1.807, 2.05) is 6.07 Å². The van der Waals surface area contributed by atoms with E-state index in [9.17, 15) is 4.79 Å². The number of hydrogen-bond donors (Lipinski definition) is 0. The highest BCUT2D eigenvalue weighted by Crippen LogP contribution is 2.33. The Morgan fingerprint density at radius 1 is 1.17 bits per heavy atom. The molecule has 2 rings (SSSR count). The second-order valence-electron chi connectivity index (χ2n) is 5.07. The second-order valence-corrected chi connectivity index (χ2v) is 5.07. The number of carbonyl (C=O) groups is 1. The average Bonchev–Trinajstić information content (AvgIpc) is 2.40. The van der Waals surface area contributed by atoms with Crippen LogP contribution in [-0.2, 0) is 9.53 Å². The Hall–Kier alpha value is -1.57. The summed E-state index contributed by atoms with van der Waals surface area (Å²) >= 11 is 0. The minimum Gasteiger partial charge on any atom is -0.459 e. The molecule has 1 fully saturated rings. The van der Waals surface area contributed by atoms with E-state index in [-0.39, 0.29) is 12.1 Å². The van der Waals surface area contributed by atoms with Crippen molar-refractivity contribution in [1.29, 1.82) is 0 Å². The third-order valence-corrected chi connectivity index (χ3v) is 3.57. The maximum absolute atomic E-state index is 11.4. The molecule has 0 heterocycles. The van der Waals surface area contributed by atoms with E-state index >= 15 is 0 Å². The van der Waals surface area contributed by atoms with Crippen LogP contribution in [-0.4, -0.2) is 12.1 Å². The minimum atomic E-state index is -0.252. The van der Waals surface area contributed by atoms with Gasteiger partial charge in [0.05, 0.1) is 0 Å². The zero-order valence-corrected chi connectivity index (χ0v) is 10.9. The van der Waals surface area contributed by atoms with Crippen LogP contribution < -0.4 is 0 Å². The van der Waals surface area contributed by atoms with Crippen LogP contribution in [0.1, 0.15) is 44.1 Å². The van der Waals surface area contributed by atoms with Crippen LogP contribution in [0.2, 0.25) is 0 Å². The third kappa shape index (κ3) is 3.22. The summed E-state index contributed by atoms with van der Waals surface area (Å²) in [5.74, 6) is 0.365. The van der Waals surface area contributed by atoms with Crippen LogP contribution in [0, 0.1) is 0 Å². The van der Waals surface area contributed by atoms with Crippen molar-refractivity contribution >= 4 is 5.97 Å². The predicted molar refractivity (Wildman–Crippen MR) is 72.3 cm³/mol. The van der Waals surface area contributed by atoms with Crippen molar-refractivity contribution in [3.05, 3.63) is 48.0 Å². The van der Waals surface area contributed by atoms with E-state index in [2.05, 4.69) is 30.8 Å². The summed E-state index contributed by atoms with van der Waals surface area (Å²) in [6, 6.07) is 10.6. The van der Waals surface area contributed by atoms with E-state index in [0.29, 0.717) is 11.5 Å². The predicted octanol–water partition coefficient (Wildman–Crippen LogP) is 3.83. The van der Waals surface area contributed by atoms with Crippen LogP contribution in [0.25, 0.3) is 0 Å². The largest absolute Gasteiger partial charge is 0.459 e. The fraction of sp³-hybridized carbons (Fsp3) is 0.438. The van der Waals surface area contributed by atoms with Gasteiger partial charge in [-0.15, -0.1) is 0 Å². The van der Waals surface area contributed by atoms with Gasteiger partial charge < -0.3 is 4.74 Å². The molecule has 2 nitrogen and oxygen atoms in total. The van der Waals surface area contributed by atoms with Gasteiger partial charge in [0.15, 0.2) is 0 Å². The van der Waals surface area contributed by atoms with Crippen LogP contribution in [0.5, 0.6) is 0 Å². The van der Waals surface area contributed by atoms with Gasteiger partial charge in [0, 0.05) is 5.57 Å². The lowest BCUT2D eigenvalue weighted by Gasteiger charge is -2.28. The first-order chi connectivity index (χ1) is 8.66. The molecular formula is C16H20O2. The molecule has 0 spiro atoms. The molecular weight excluding hydrogens is 224 g/mol. The Balaban J connectivity index is 1.85. The summed E-state index contributed by atoms with van der Waals surface area (Å²) in [7, 11) is 0. The Kier molecular flexibility index (Phi) is 4.19. The number of rotatable bonds is 3. The first-order valence-electron chi connectivity index (χ1n) is 6.58. The summed E-state index contributed by atoms with van der Waals surface area (Å²) in [4.78, 5) is 11.4. The van der Waals surface area contributed by atoms with Crippen molar-refractivity contribution in [2.24, 2.45) is 0 Å². The molecule has 0 bridgehead atoms. The highest BCUT2D eigenvalue weighted by Gasteiger charge is 2.24. The molecule has 96 valence electrons. The van der Waals surface area contributed by atoms with Gasteiger partial charge >= 0.3 is 5.97 Å². The van der Waals surface area contributed by atoms with Gasteiger partial charge in [0.2, 0.25) is 0 Å². The molecule has 18 heavy (non-hydrogen) atoms. The van der Waals surface area contributed by atoms with Crippen molar-refractivity contribution < 1.29 is 9.53 Å². The Morgan fingerprint density at radius 3 is 2.33 bits per heavy atom. The molecule has 0 N–H and O–H groups in total. The molecule has 0 radical (unpaired) electrons. The zero-order chi connectivity index (χ0) is 13.0. The van der Waals surface area contributed by atoms with Crippen molar-refractivity contribution in [2.75, 3.05) is 0 Å². The highest BCUT2D eigenvalue weighted by molar-refractivity contribution is 5.87. The molecule has 1 aliphatic rings. The van der Waals surface area contributed by atoms with Crippen LogP contribution in [0.15, 0.2) is 42.5 Å². The Morgan fingerprint density at radius 2 is 1.78 bits per heavy atom. The second kappa shape index (κ2) is 5.85. The maximum Gasteiger partial charge on any atom is 0.333 e. The summed E-state index contributed by atoms with van der Waals surface area (Å²) in [6.07, 6.45) is 4.18. The fourth-order valence-electron chi connectivity index (χ4n) is 2.49. The van der Waals surface area contributed by atoms with Crippen LogP contribution in [0.3, 0.4) is 0 Å². The number of hydrogen-bond acceptors (Lipinski definition) is 2. The number of ether oxygens (including phenoxy) is 1. The van der Waals surface area contributed by atoms with E-state index < -0.39 is 0 Å². The molecule has 0 amide bonds. The smallest absolute Gasteiger partial charge is 0.333 e. The van der Waals surface area contributed by atoms with Gasteiger partial charge in [-0.25, -0.2) is 4.79 Å². The summed E-state index contributed by atoms with van der Waals surface area (Å²) < 4.78 is 5.40. The SMILES string of the molecule is C=C(C)C(=O)OC1CCC(c2ccccc2)CC1. The maximum atomic E-state index is 11.4. The topological polar surface area (TPSA) is 26.3 Å². The molecule has 1 aromatic rings. The zero-order valence-electron chi connectivity index (χ0n) is 10.9. The standard InChI is InChI=1S/C16H20O2/c1-12(2)16(17)18-15-10-8-14(9-11-15)13-6-4-3-5-7-13/h3-7,14-15H,1,8-11H2,2H3. The molecule has 2 heteroatoms. The van der Waals surface area contributed by atoms with Crippen LogP contribution in [0.4, 0.5) is 0 Å². The van der Waals surface area contributed by atoms with Gasteiger partial charge in [0.1, 0.15) is 6.10 Å². The summed E-state index contributed by atoms with van der Waals surface area (Å²) in [5.41, 5.74) is 1.89. The number of benzene rings is 1. The van der Waals surface area contributed by atoms with Gasteiger partial charge in [-0.3, -0.25) is 0 Å². The minimum absolute atomic E-state index is 0.0779. The quantitative estimate of drug-likeness (QED) is 0.596. The first kappa shape index (κ1) is 12.9. The molecule has 1 saturated carbocycles. The van der Waals surface area contributed by atoms with Gasteiger partial charge in [0.25, 0.3) is 0 Å². The van der Waals surface area contributed by atoms with Gasteiger partial charge in [-0.05, 0) is 44.1 Å². The van der Waals surface area contributed by atoms with Crippen molar-refractivity contribution in [1.82, 2.24) is 0 Å². The lowest BCUT2D eigenvalue weighted by molar-refractivity contribution is -0.145. The third-order valence-electron chi connectivity index (χ3n) is 3.57. The molecule has 0 saturated heterocycles. The number of carbonyl (C=O) groups excluding carboxylic acids is 1. The van der Waals surface area contributed by atoms with E-state index in [1.165, 1.54) is 5.56 Å².